The number of benzene rings is 1. The van der Waals surface area contributed by atoms with Crippen molar-refractivity contribution in [3.8, 4) is 5.75 Å². The molecule has 1 aromatic rings. The molecule has 2 rings (SSSR count). The molecule has 0 amide bonds. The largest absolute Gasteiger partial charge is 0.492 e. The lowest BCUT2D eigenvalue weighted by atomic mass is 9.82. The zero-order valence-corrected chi connectivity index (χ0v) is 15.6. The Kier molecular flexibility index (Phi) is 6.67. The molecule has 0 radical (unpaired) electrons. The number of sulfonamides is 1. The molecule has 1 aliphatic heterocycles. The molecule has 0 saturated carbocycles. The summed E-state index contributed by atoms with van der Waals surface area (Å²) in [7, 11) is -2.30. The minimum absolute atomic E-state index is 0.122. The first-order chi connectivity index (χ1) is 11.8. The Labute approximate surface area is 152 Å². The minimum Gasteiger partial charge on any atom is -0.492 e. The molecule has 0 unspecified atom stereocenters. The molecule has 1 heterocycles. The second-order valence-electron chi connectivity index (χ2n) is 6.08. The van der Waals surface area contributed by atoms with Crippen LogP contribution in [-0.4, -0.2) is 63.0 Å². The van der Waals surface area contributed by atoms with Crippen LogP contribution in [0.5, 0.6) is 5.75 Å². The molecular formula is C16H22ClNO6S. The molecule has 0 atom stereocenters. The van der Waals surface area contributed by atoms with Crippen molar-refractivity contribution in [1.82, 2.24) is 4.31 Å². The normalized spacial score (nSPS) is 17.4. The number of ether oxygens (including phenoxy) is 2. The van der Waals surface area contributed by atoms with Gasteiger partial charge in [-0.3, -0.25) is 4.79 Å². The van der Waals surface area contributed by atoms with Gasteiger partial charge in [0.25, 0.3) is 0 Å². The van der Waals surface area contributed by atoms with Crippen LogP contribution in [0.2, 0.25) is 5.02 Å². The highest BCUT2D eigenvalue weighted by Crippen LogP contribution is 2.33. The topological polar surface area (TPSA) is 93.1 Å². The van der Waals surface area contributed by atoms with E-state index in [1.807, 2.05) is 0 Å². The van der Waals surface area contributed by atoms with E-state index < -0.39 is 27.2 Å². The summed E-state index contributed by atoms with van der Waals surface area (Å²) < 4.78 is 36.9. The molecule has 1 saturated heterocycles. The lowest BCUT2D eigenvalue weighted by molar-refractivity contribution is -0.152. The van der Waals surface area contributed by atoms with Gasteiger partial charge in [-0.05, 0) is 37.1 Å². The average Bonchev–Trinajstić information content (AvgIpc) is 2.57. The van der Waals surface area contributed by atoms with Gasteiger partial charge < -0.3 is 14.6 Å². The van der Waals surface area contributed by atoms with E-state index in [9.17, 15) is 18.3 Å². The van der Waals surface area contributed by atoms with Crippen LogP contribution in [0.4, 0.5) is 0 Å². The number of hydrogen-bond acceptors (Lipinski definition) is 5. The van der Waals surface area contributed by atoms with Gasteiger partial charge in [0.15, 0.2) is 0 Å². The van der Waals surface area contributed by atoms with Crippen molar-refractivity contribution in [2.45, 2.75) is 12.8 Å². The number of nitrogens with zero attached hydrogens (tertiary/aromatic N) is 1. The number of carboxylic acid groups (broad SMARTS) is 1. The third-order valence-corrected chi connectivity index (χ3v) is 6.63. The summed E-state index contributed by atoms with van der Waals surface area (Å²) in [4.78, 5) is 11.6. The van der Waals surface area contributed by atoms with Crippen molar-refractivity contribution in [3.05, 3.63) is 29.3 Å². The Bertz CT molecular complexity index is 685. The van der Waals surface area contributed by atoms with E-state index in [4.69, 9.17) is 21.1 Å². The highest BCUT2D eigenvalue weighted by molar-refractivity contribution is 7.89. The standard InChI is InChI=1S/C16H22ClNO6S/c1-18(8-11-24-14-4-2-13(17)3-5-14)25(21,22)12-16(15(19)20)6-9-23-10-7-16/h2-5H,6-12H2,1H3,(H,19,20). The Morgan fingerprint density at radius 3 is 2.48 bits per heavy atom. The molecule has 25 heavy (non-hydrogen) atoms. The first kappa shape index (κ1) is 20.0. The fraction of sp³-hybridized carbons (Fsp3) is 0.562. The summed E-state index contributed by atoms with van der Waals surface area (Å²) in [5.41, 5.74) is -1.29. The first-order valence-electron chi connectivity index (χ1n) is 7.89. The van der Waals surface area contributed by atoms with Gasteiger partial charge in [0.1, 0.15) is 12.4 Å². The van der Waals surface area contributed by atoms with E-state index in [0.29, 0.717) is 10.8 Å². The van der Waals surface area contributed by atoms with Gasteiger partial charge >= 0.3 is 5.97 Å². The molecule has 0 bridgehead atoms. The molecule has 1 N–H and O–H groups in total. The van der Waals surface area contributed by atoms with E-state index >= 15 is 0 Å². The number of aliphatic carboxylic acids is 1. The van der Waals surface area contributed by atoms with Gasteiger partial charge in [-0.25, -0.2) is 12.7 Å². The highest BCUT2D eigenvalue weighted by Gasteiger charge is 2.44. The lowest BCUT2D eigenvalue weighted by Gasteiger charge is -2.33. The Balaban J connectivity index is 1.93. The van der Waals surface area contributed by atoms with Crippen LogP contribution in [0.15, 0.2) is 24.3 Å². The van der Waals surface area contributed by atoms with Crippen LogP contribution < -0.4 is 4.74 Å². The Morgan fingerprint density at radius 2 is 1.92 bits per heavy atom. The average molecular weight is 392 g/mol. The number of carbonyl (C=O) groups is 1. The van der Waals surface area contributed by atoms with E-state index in [-0.39, 0.29) is 39.2 Å². The summed E-state index contributed by atoms with van der Waals surface area (Å²) in [6.07, 6.45) is 0.382. The molecule has 1 aromatic carbocycles. The smallest absolute Gasteiger partial charge is 0.310 e. The molecule has 1 aliphatic rings. The highest BCUT2D eigenvalue weighted by atomic mass is 35.5. The molecule has 140 valence electrons. The molecule has 0 aromatic heterocycles. The maximum absolute atomic E-state index is 12.5. The first-order valence-corrected chi connectivity index (χ1v) is 9.87. The maximum Gasteiger partial charge on any atom is 0.310 e. The number of hydrogen-bond donors (Lipinski definition) is 1. The number of halogens is 1. The van der Waals surface area contributed by atoms with Gasteiger partial charge in [-0.15, -0.1) is 0 Å². The van der Waals surface area contributed by atoms with Gasteiger partial charge in [0.2, 0.25) is 10.0 Å². The second-order valence-corrected chi connectivity index (χ2v) is 8.59. The van der Waals surface area contributed by atoms with E-state index in [2.05, 4.69) is 0 Å². The van der Waals surface area contributed by atoms with Crippen molar-refractivity contribution in [2.75, 3.05) is 39.2 Å². The number of likely N-dealkylation sites (N-methyl/N-ethyl adjacent to an activating group) is 1. The molecule has 0 spiro atoms. The van der Waals surface area contributed by atoms with Crippen LogP contribution in [0.1, 0.15) is 12.8 Å². The van der Waals surface area contributed by atoms with Crippen molar-refractivity contribution in [2.24, 2.45) is 5.41 Å². The number of rotatable bonds is 8. The predicted octanol–water partition coefficient (Wildman–Crippen LogP) is 1.86. The van der Waals surface area contributed by atoms with Crippen molar-refractivity contribution in [1.29, 1.82) is 0 Å². The predicted molar refractivity (Wildman–Crippen MR) is 93.5 cm³/mol. The molecule has 9 heteroatoms. The van der Waals surface area contributed by atoms with E-state index in [1.165, 1.54) is 7.05 Å². The monoisotopic (exact) mass is 391 g/mol. The third kappa shape index (κ3) is 5.31. The van der Waals surface area contributed by atoms with E-state index in [0.717, 1.165) is 4.31 Å². The fourth-order valence-electron chi connectivity index (χ4n) is 2.60. The quantitative estimate of drug-likeness (QED) is 0.727. The zero-order chi connectivity index (χ0) is 18.5. The van der Waals surface area contributed by atoms with Gasteiger partial charge in [0, 0.05) is 31.8 Å². The van der Waals surface area contributed by atoms with Crippen molar-refractivity contribution >= 4 is 27.6 Å². The summed E-state index contributed by atoms with van der Waals surface area (Å²) in [6.45, 7) is 0.786. The van der Waals surface area contributed by atoms with Crippen molar-refractivity contribution < 1.29 is 27.8 Å². The van der Waals surface area contributed by atoms with Crippen LogP contribution >= 0.6 is 11.6 Å². The second kappa shape index (κ2) is 8.35. The molecule has 1 fully saturated rings. The summed E-state index contributed by atoms with van der Waals surface area (Å²) >= 11 is 5.79. The Morgan fingerprint density at radius 1 is 1.32 bits per heavy atom. The molecule has 7 nitrogen and oxygen atoms in total. The summed E-state index contributed by atoms with van der Waals surface area (Å²) in [6, 6.07) is 6.74. The van der Waals surface area contributed by atoms with Gasteiger partial charge in [-0.1, -0.05) is 11.6 Å². The minimum atomic E-state index is -3.73. The van der Waals surface area contributed by atoms with Crippen molar-refractivity contribution in [3.63, 3.8) is 0 Å². The number of carboxylic acids is 1. The zero-order valence-electron chi connectivity index (χ0n) is 14.0. The van der Waals surface area contributed by atoms with Crippen LogP contribution in [0, 0.1) is 5.41 Å². The summed E-state index contributed by atoms with van der Waals surface area (Å²) in [5, 5.41) is 10.1. The van der Waals surface area contributed by atoms with Crippen LogP contribution in [0.3, 0.4) is 0 Å². The van der Waals surface area contributed by atoms with Gasteiger partial charge in [-0.2, -0.15) is 0 Å². The van der Waals surface area contributed by atoms with Crippen LogP contribution in [0.25, 0.3) is 0 Å². The lowest BCUT2D eigenvalue weighted by Crippen LogP contribution is -2.46. The van der Waals surface area contributed by atoms with Crippen LogP contribution in [-0.2, 0) is 19.6 Å². The molecular weight excluding hydrogens is 370 g/mol. The summed E-state index contributed by atoms with van der Waals surface area (Å²) in [5.74, 6) is -0.942. The maximum atomic E-state index is 12.5. The van der Waals surface area contributed by atoms with Gasteiger partial charge in [0.05, 0.1) is 11.2 Å². The third-order valence-electron chi connectivity index (χ3n) is 4.33. The SMILES string of the molecule is CN(CCOc1ccc(Cl)cc1)S(=O)(=O)CC1(C(=O)O)CCOCC1. The molecule has 0 aliphatic carbocycles. The fourth-order valence-corrected chi connectivity index (χ4v) is 4.41. The Hall–Kier alpha value is -1.35. The van der Waals surface area contributed by atoms with E-state index in [1.54, 1.807) is 24.3 Å².